The average Bonchev–Trinajstić information content (AvgIpc) is 3.24. The van der Waals surface area contributed by atoms with Crippen molar-refractivity contribution in [1.29, 1.82) is 0 Å². The van der Waals surface area contributed by atoms with Crippen LogP contribution in [0.3, 0.4) is 0 Å². The van der Waals surface area contributed by atoms with E-state index < -0.39 is 5.91 Å². The Balaban J connectivity index is 1.54. The van der Waals surface area contributed by atoms with Crippen molar-refractivity contribution >= 4 is 39.1 Å². The van der Waals surface area contributed by atoms with Gasteiger partial charge in [0.15, 0.2) is 0 Å². The smallest absolute Gasteiger partial charge is 0.257 e. The number of nitrogens with two attached hydrogens (primary N) is 1. The average molecular weight is 514 g/mol. The SMILES string of the molecule is COc1ccc(-c2cc(C(=O)Nc3sc4c(c3C(N)=O)CC[C@@H](C(C)(C)C)C4)c3ccccc3n2)cc1. The van der Waals surface area contributed by atoms with E-state index in [4.69, 9.17) is 15.5 Å². The zero-order chi connectivity index (χ0) is 26.3. The highest BCUT2D eigenvalue weighted by Gasteiger charge is 2.33. The molecular weight excluding hydrogens is 482 g/mol. The molecule has 4 aromatic rings. The number of methoxy groups -OCH3 is 1. The van der Waals surface area contributed by atoms with E-state index in [1.54, 1.807) is 13.2 Å². The Morgan fingerprint density at radius 2 is 1.84 bits per heavy atom. The van der Waals surface area contributed by atoms with Gasteiger partial charge in [0, 0.05) is 15.8 Å². The summed E-state index contributed by atoms with van der Waals surface area (Å²) in [6, 6.07) is 16.9. The van der Waals surface area contributed by atoms with E-state index in [9.17, 15) is 9.59 Å². The maximum atomic E-state index is 13.7. The van der Waals surface area contributed by atoms with Gasteiger partial charge >= 0.3 is 0 Å². The number of hydrogen-bond donors (Lipinski definition) is 2. The van der Waals surface area contributed by atoms with Crippen molar-refractivity contribution in [1.82, 2.24) is 4.98 Å². The number of nitrogens with one attached hydrogen (secondary N) is 1. The van der Waals surface area contributed by atoms with Crippen molar-refractivity contribution in [2.75, 3.05) is 12.4 Å². The standard InChI is InChI=1S/C30H31N3O3S/c1-30(2,3)18-11-14-21-25(15-18)37-29(26(21)27(31)34)33-28(35)22-16-24(17-9-12-19(36-4)13-10-17)32-23-8-6-5-7-20(22)23/h5-10,12-13,16,18H,11,14-15H2,1-4H3,(H2,31,34)(H,33,35)/t18-/m1/s1. The van der Waals surface area contributed by atoms with Crippen molar-refractivity contribution in [3.8, 4) is 17.0 Å². The second-order valence-electron chi connectivity index (χ2n) is 10.6. The highest BCUT2D eigenvalue weighted by molar-refractivity contribution is 7.17. The molecule has 190 valence electrons. The summed E-state index contributed by atoms with van der Waals surface area (Å²) in [7, 11) is 1.62. The predicted octanol–water partition coefficient (Wildman–Crippen LogP) is 6.47. The number of nitrogens with zero attached hydrogens (tertiary/aromatic N) is 1. The molecule has 3 N–H and O–H groups in total. The molecule has 0 saturated carbocycles. The van der Waals surface area contributed by atoms with Crippen LogP contribution in [0.1, 0.15) is 58.3 Å². The second kappa shape index (κ2) is 9.63. The maximum absolute atomic E-state index is 13.7. The molecule has 5 rings (SSSR count). The number of ether oxygens (including phenoxy) is 1. The fraction of sp³-hybridized carbons (Fsp3) is 0.300. The number of primary amides is 1. The van der Waals surface area contributed by atoms with E-state index in [-0.39, 0.29) is 11.3 Å². The van der Waals surface area contributed by atoms with E-state index in [1.165, 1.54) is 11.3 Å². The lowest BCUT2D eigenvalue weighted by molar-refractivity contribution is 0.1000. The third-order valence-electron chi connectivity index (χ3n) is 7.31. The number of para-hydroxylation sites is 1. The quantitative estimate of drug-likeness (QED) is 0.320. The first-order chi connectivity index (χ1) is 17.7. The molecule has 1 aliphatic rings. The number of fused-ring (bicyclic) bond motifs is 2. The van der Waals surface area contributed by atoms with Gasteiger partial charge in [0.2, 0.25) is 0 Å². The molecule has 6 nitrogen and oxygen atoms in total. The number of pyridine rings is 1. The molecule has 2 aromatic carbocycles. The van der Waals surface area contributed by atoms with Gasteiger partial charge in [-0.05, 0) is 72.6 Å². The Hall–Kier alpha value is -3.71. The van der Waals surface area contributed by atoms with Crippen LogP contribution in [0.15, 0.2) is 54.6 Å². The molecular formula is C30H31N3O3S. The van der Waals surface area contributed by atoms with Crippen molar-refractivity contribution in [3.05, 3.63) is 76.2 Å². The fourth-order valence-electron chi connectivity index (χ4n) is 5.12. The first kappa shape index (κ1) is 25.0. The van der Waals surface area contributed by atoms with Crippen LogP contribution in [0, 0.1) is 11.3 Å². The topological polar surface area (TPSA) is 94.3 Å². The molecule has 7 heteroatoms. The summed E-state index contributed by atoms with van der Waals surface area (Å²) in [4.78, 5) is 32.2. The molecule has 1 aliphatic carbocycles. The van der Waals surface area contributed by atoms with E-state index in [2.05, 4.69) is 26.1 Å². The minimum absolute atomic E-state index is 0.172. The number of aromatic nitrogens is 1. The summed E-state index contributed by atoms with van der Waals surface area (Å²) in [5, 5.41) is 4.31. The first-order valence-electron chi connectivity index (χ1n) is 12.5. The minimum atomic E-state index is -0.500. The summed E-state index contributed by atoms with van der Waals surface area (Å²) in [6.07, 6.45) is 2.68. The normalized spacial score (nSPS) is 15.3. The number of rotatable bonds is 5. The van der Waals surface area contributed by atoms with Crippen molar-refractivity contribution in [2.45, 2.75) is 40.0 Å². The van der Waals surface area contributed by atoms with E-state index in [1.807, 2.05) is 48.5 Å². The first-order valence-corrected chi connectivity index (χ1v) is 13.3. The molecule has 0 bridgehead atoms. The van der Waals surface area contributed by atoms with Gasteiger partial charge < -0.3 is 15.8 Å². The molecule has 37 heavy (non-hydrogen) atoms. The van der Waals surface area contributed by atoms with E-state index in [0.717, 1.165) is 51.9 Å². The predicted molar refractivity (Wildman–Crippen MR) is 149 cm³/mol. The lowest BCUT2D eigenvalue weighted by atomic mass is 9.72. The van der Waals surface area contributed by atoms with Gasteiger partial charge in [-0.2, -0.15) is 0 Å². The number of benzene rings is 2. The molecule has 0 spiro atoms. The second-order valence-corrected chi connectivity index (χ2v) is 11.7. The summed E-state index contributed by atoms with van der Waals surface area (Å²) < 4.78 is 5.27. The van der Waals surface area contributed by atoms with Crippen LogP contribution in [0.4, 0.5) is 5.00 Å². The molecule has 2 aromatic heterocycles. The van der Waals surface area contributed by atoms with Crippen LogP contribution in [0.5, 0.6) is 5.75 Å². The summed E-state index contributed by atoms with van der Waals surface area (Å²) in [6.45, 7) is 6.76. The zero-order valence-electron chi connectivity index (χ0n) is 21.6. The number of hydrogen-bond acceptors (Lipinski definition) is 5. The maximum Gasteiger partial charge on any atom is 0.257 e. The fourth-order valence-corrected chi connectivity index (χ4v) is 6.45. The van der Waals surface area contributed by atoms with Gasteiger partial charge in [-0.1, -0.05) is 39.0 Å². The van der Waals surface area contributed by atoms with Gasteiger partial charge in [0.25, 0.3) is 11.8 Å². The van der Waals surface area contributed by atoms with Gasteiger partial charge in [-0.25, -0.2) is 4.98 Å². The Bertz CT molecular complexity index is 1500. The molecule has 1 atom stereocenters. The molecule has 0 aliphatic heterocycles. The zero-order valence-corrected chi connectivity index (χ0v) is 22.4. The number of carbonyl (C=O) groups excluding carboxylic acids is 2. The van der Waals surface area contributed by atoms with Crippen molar-refractivity contribution in [3.63, 3.8) is 0 Å². The van der Waals surface area contributed by atoms with E-state index in [0.29, 0.717) is 27.7 Å². The van der Waals surface area contributed by atoms with Crippen molar-refractivity contribution in [2.24, 2.45) is 17.1 Å². The van der Waals surface area contributed by atoms with Crippen LogP contribution in [-0.4, -0.2) is 23.9 Å². The Labute approximate surface area is 220 Å². The molecule has 0 unspecified atom stereocenters. The number of thiophene rings is 1. The van der Waals surface area contributed by atoms with Gasteiger partial charge in [-0.3, -0.25) is 9.59 Å². The molecule has 0 radical (unpaired) electrons. The summed E-state index contributed by atoms with van der Waals surface area (Å²) >= 11 is 1.48. The highest BCUT2D eigenvalue weighted by atomic mass is 32.1. The monoisotopic (exact) mass is 513 g/mol. The lowest BCUT2D eigenvalue weighted by Crippen LogP contribution is -2.27. The minimum Gasteiger partial charge on any atom is -0.497 e. The number of amides is 2. The third-order valence-corrected chi connectivity index (χ3v) is 8.48. The summed E-state index contributed by atoms with van der Waals surface area (Å²) in [5.74, 6) is 0.471. The Kier molecular flexibility index (Phi) is 6.50. The van der Waals surface area contributed by atoms with Gasteiger partial charge in [0.05, 0.1) is 29.4 Å². The van der Waals surface area contributed by atoms with Gasteiger partial charge in [0.1, 0.15) is 10.8 Å². The largest absolute Gasteiger partial charge is 0.497 e. The molecule has 2 heterocycles. The highest BCUT2D eigenvalue weighted by Crippen LogP contribution is 2.44. The molecule has 2 amide bonds. The van der Waals surface area contributed by atoms with Crippen molar-refractivity contribution < 1.29 is 14.3 Å². The molecule has 0 saturated heterocycles. The third kappa shape index (κ3) is 4.83. The number of anilines is 1. The van der Waals surface area contributed by atoms with Crippen LogP contribution in [-0.2, 0) is 12.8 Å². The number of carbonyl (C=O) groups is 2. The van der Waals surface area contributed by atoms with Crippen LogP contribution in [0.2, 0.25) is 0 Å². The summed E-state index contributed by atoms with van der Waals surface area (Å²) in [5.41, 5.74) is 10.2. The van der Waals surface area contributed by atoms with Crippen LogP contribution >= 0.6 is 11.3 Å². The van der Waals surface area contributed by atoms with E-state index >= 15 is 0 Å². The molecule has 0 fully saturated rings. The van der Waals surface area contributed by atoms with Gasteiger partial charge in [-0.15, -0.1) is 11.3 Å². The van der Waals surface area contributed by atoms with Crippen LogP contribution < -0.4 is 15.8 Å². The Morgan fingerprint density at radius 3 is 2.51 bits per heavy atom. The lowest BCUT2D eigenvalue weighted by Gasteiger charge is -2.33. The Morgan fingerprint density at radius 1 is 1.11 bits per heavy atom. The van der Waals surface area contributed by atoms with Crippen LogP contribution in [0.25, 0.3) is 22.2 Å².